The van der Waals surface area contributed by atoms with Gasteiger partial charge in [-0.15, -0.1) is 0 Å². The number of para-hydroxylation sites is 1. The average molecular weight is 254 g/mol. The molecule has 4 nitrogen and oxygen atoms in total. The summed E-state index contributed by atoms with van der Waals surface area (Å²) < 4.78 is 0. The van der Waals surface area contributed by atoms with Gasteiger partial charge < -0.3 is 16.4 Å². The third kappa shape index (κ3) is 3.53. The second-order valence-electron chi connectivity index (χ2n) is 4.22. The van der Waals surface area contributed by atoms with Gasteiger partial charge in [-0.25, -0.2) is 0 Å². The minimum absolute atomic E-state index is 0.0747. The second kappa shape index (κ2) is 5.27. The highest BCUT2D eigenvalue weighted by atomic mass is 35.5. The molecule has 2 rings (SSSR count). The van der Waals surface area contributed by atoms with Gasteiger partial charge in [-0.2, -0.15) is 0 Å². The van der Waals surface area contributed by atoms with E-state index >= 15 is 0 Å². The number of nitrogen functional groups attached to an aromatic ring is 1. The molecule has 4 N–H and O–H groups in total. The van der Waals surface area contributed by atoms with Gasteiger partial charge in [-0.1, -0.05) is 17.7 Å². The van der Waals surface area contributed by atoms with Crippen LogP contribution in [0.1, 0.15) is 19.3 Å². The first kappa shape index (κ1) is 12.0. The third-order valence-electron chi connectivity index (χ3n) is 2.64. The van der Waals surface area contributed by atoms with Crippen LogP contribution in [0, 0.1) is 0 Å². The lowest BCUT2D eigenvalue weighted by Crippen LogP contribution is -2.27. The van der Waals surface area contributed by atoms with Crippen LogP contribution in [0.3, 0.4) is 0 Å². The summed E-state index contributed by atoms with van der Waals surface area (Å²) in [6, 6.07) is 5.75. The number of nitrogens with one attached hydrogen (secondary N) is 2. The zero-order chi connectivity index (χ0) is 12.3. The van der Waals surface area contributed by atoms with Gasteiger partial charge in [0.2, 0.25) is 5.91 Å². The highest BCUT2D eigenvalue weighted by molar-refractivity contribution is 6.33. The first-order chi connectivity index (χ1) is 8.16. The van der Waals surface area contributed by atoms with Crippen molar-refractivity contribution < 1.29 is 4.79 Å². The Kier molecular flexibility index (Phi) is 3.74. The van der Waals surface area contributed by atoms with Gasteiger partial charge >= 0.3 is 0 Å². The Hall–Kier alpha value is -1.42. The second-order valence-corrected chi connectivity index (χ2v) is 4.63. The summed E-state index contributed by atoms with van der Waals surface area (Å²) in [6.07, 6.45) is 2.65. The Morgan fingerprint density at radius 1 is 1.47 bits per heavy atom. The van der Waals surface area contributed by atoms with Crippen molar-refractivity contribution in [1.82, 2.24) is 5.32 Å². The summed E-state index contributed by atoms with van der Waals surface area (Å²) in [7, 11) is 0. The van der Waals surface area contributed by atoms with Crippen molar-refractivity contribution in [2.75, 3.05) is 17.6 Å². The van der Waals surface area contributed by atoms with Crippen LogP contribution in [0.5, 0.6) is 0 Å². The Morgan fingerprint density at radius 3 is 2.88 bits per heavy atom. The van der Waals surface area contributed by atoms with E-state index in [4.69, 9.17) is 17.3 Å². The standard InChI is InChI=1S/C12H16ClN3O/c13-9-2-1-3-10(14)12(9)15-7-6-11(17)16-8-4-5-8/h1-3,8,15H,4-7,14H2,(H,16,17). The molecule has 0 radical (unpaired) electrons. The van der Waals surface area contributed by atoms with Gasteiger partial charge in [0, 0.05) is 19.0 Å². The number of hydrogen-bond donors (Lipinski definition) is 3. The van der Waals surface area contributed by atoms with E-state index in [0.29, 0.717) is 35.4 Å². The fraction of sp³-hybridized carbons (Fsp3) is 0.417. The normalized spacial score (nSPS) is 14.4. The molecule has 1 aromatic rings. The molecular formula is C12H16ClN3O. The fourth-order valence-electron chi connectivity index (χ4n) is 1.56. The summed E-state index contributed by atoms with van der Waals surface area (Å²) in [6.45, 7) is 0.534. The maximum atomic E-state index is 11.4. The maximum Gasteiger partial charge on any atom is 0.221 e. The number of halogens is 1. The Morgan fingerprint density at radius 2 is 2.24 bits per heavy atom. The molecule has 92 valence electrons. The van der Waals surface area contributed by atoms with Crippen molar-refractivity contribution in [1.29, 1.82) is 0 Å². The zero-order valence-electron chi connectivity index (χ0n) is 9.50. The molecule has 1 aliphatic carbocycles. The monoisotopic (exact) mass is 253 g/mol. The number of amides is 1. The first-order valence-corrected chi connectivity index (χ1v) is 6.12. The number of hydrogen-bond acceptors (Lipinski definition) is 3. The molecule has 1 aromatic carbocycles. The molecule has 0 saturated heterocycles. The summed E-state index contributed by atoms with van der Waals surface area (Å²) in [4.78, 5) is 11.4. The van der Waals surface area contributed by atoms with Crippen molar-refractivity contribution in [2.24, 2.45) is 0 Å². The SMILES string of the molecule is Nc1cccc(Cl)c1NCCC(=O)NC1CC1. The molecule has 0 unspecified atom stereocenters. The molecule has 1 amide bonds. The predicted molar refractivity (Wildman–Crippen MR) is 70.1 cm³/mol. The average Bonchev–Trinajstić information content (AvgIpc) is 3.06. The molecule has 1 saturated carbocycles. The molecule has 0 spiro atoms. The summed E-state index contributed by atoms with van der Waals surface area (Å²) >= 11 is 6.00. The Labute approximate surface area is 106 Å². The third-order valence-corrected chi connectivity index (χ3v) is 2.96. The van der Waals surface area contributed by atoms with E-state index in [1.165, 1.54) is 0 Å². The molecule has 0 atom stereocenters. The topological polar surface area (TPSA) is 67.1 Å². The van der Waals surface area contributed by atoms with Crippen LogP contribution >= 0.6 is 11.6 Å². The number of rotatable bonds is 5. The summed E-state index contributed by atoms with van der Waals surface area (Å²) in [5.74, 6) is 0.0747. The molecule has 1 aliphatic rings. The van der Waals surface area contributed by atoms with E-state index in [9.17, 15) is 4.79 Å². The van der Waals surface area contributed by atoms with E-state index in [0.717, 1.165) is 12.8 Å². The fourth-order valence-corrected chi connectivity index (χ4v) is 1.80. The largest absolute Gasteiger partial charge is 0.397 e. The molecule has 17 heavy (non-hydrogen) atoms. The van der Waals surface area contributed by atoms with Gasteiger partial charge in [0.15, 0.2) is 0 Å². The molecule has 1 fully saturated rings. The van der Waals surface area contributed by atoms with Crippen molar-refractivity contribution in [3.63, 3.8) is 0 Å². The van der Waals surface area contributed by atoms with Crippen LogP contribution in [0.2, 0.25) is 5.02 Å². The smallest absolute Gasteiger partial charge is 0.221 e. The lowest BCUT2D eigenvalue weighted by atomic mass is 10.2. The number of anilines is 2. The van der Waals surface area contributed by atoms with Crippen molar-refractivity contribution in [2.45, 2.75) is 25.3 Å². The number of carbonyl (C=O) groups excluding carboxylic acids is 1. The minimum Gasteiger partial charge on any atom is -0.397 e. The predicted octanol–water partition coefficient (Wildman–Crippen LogP) is 2.00. The van der Waals surface area contributed by atoms with Gasteiger partial charge in [-0.05, 0) is 25.0 Å². The molecule has 0 bridgehead atoms. The molecule has 0 aliphatic heterocycles. The maximum absolute atomic E-state index is 11.4. The van der Waals surface area contributed by atoms with E-state index in [1.54, 1.807) is 18.2 Å². The van der Waals surface area contributed by atoms with Gasteiger partial charge in [0.25, 0.3) is 0 Å². The van der Waals surface area contributed by atoms with E-state index in [-0.39, 0.29) is 5.91 Å². The first-order valence-electron chi connectivity index (χ1n) is 5.74. The lowest BCUT2D eigenvalue weighted by molar-refractivity contribution is -0.120. The van der Waals surface area contributed by atoms with E-state index in [1.807, 2.05) is 0 Å². The molecule has 0 heterocycles. The number of benzene rings is 1. The van der Waals surface area contributed by atoms with E-state index in [2.05, 4.69) is 10.6 Å². The quantitative estimate of drug-likeness (QED) is 0.703. The molecule has 5 heteroatoms. The number of carbonyl (C=O) groups is 1. The summed E-state index contributed by atoms with van der Waals surface area (Å²) in [5.41, 5.74) is 7.08. The van der Waals surface area contributed by atoms with Crippen molar-refractivity contribution >= 4 is 28.9 Å². The van der Waals surface area contributed by atoms with Crippen LogP contribution in [0.15, 0.2) is 18.2 Å². The zero-order valence-corrected chi connectivity index (χ0v) is 10.3. The van der Waals surface area contributed by atoms with Crippen LogP contribution in [-0.4, -0.2) is 18.5 Å². The highest BCUT2D eigenvalue weighted by Gasteiger charge is 2.22. The van der Waals surface area contributed by atoms with Gasteiger partial charge in [0.05, 0.1) is 16.4 Å². The van der Waals surface area contributed by atoms with Crippen molar-refractivity contribution in [3.8, 4) is 0 Å². The highest BCUT2D eigenvalue weighted by Crippen LogP contribution is 2.27. The minimum atomic E-state index is 0.0747. The van der Waals surface area contributed by atoms with Gasteiger partial charge in [-0.3, -0.25) is 4.79 Å². The number of nitrogens with two attached hydrogens (primary N) is 1. The summed E-state index contributed by atoms with van der Waals surface area (Å²) in [5, 5.41) is 6.59. The Balaban J connectivity index is 1.79. The Bertz CT molecular complexity index is 398. The van der Waals surface area contributed by atoms with Crippen LogP contribution < -0.4 is 16.4 Å². The van der Waals surface area contributed by atoms with Gasteiger partial charge in [0.1, 0.15) is 0 Å². The van der Waals surface area contributed by atoms with E-state index < -0.39 is 0 Å². The lowest BCUT2D eigenvalue weighted by Gasteiger charge is -2.10. The van der Waals surface area contributed by atoms with Crippen LogP contribution in [0.4, 0.5) is 11.4 Å². The molecular weight excluding hydrogens is 238 g/mol. The molecule has 0 aromatic heterocycles. The van der Waals surface area contributed by atoms with Crippen molar-refractivity contribution in [3.05, 3.63) is 23.2 Å². The van der Waals surface area contributed by atoms with Crippen LogP contribution in [-0.2, 0) is 4.79 Å². The van der Waals surface area contributed by atoms with Crippen LogP contribution in [0.25, 0.3) is 0 Å².